The standard InChI is InChI=1S/C49H48N2O4/c50-45(52)47(33-19-20-34-47)46(53)51(43(35-37-21-7-1-8-22-37)48(54,39-25-11-3-12-26-39)40-27-13-4-14-28-40)44(36-38-23-9-2-10-24-38)49(55,41-29-15-5-16-30-41)42-31-17-6-18-32-42/h1-18,21-32,43-44,54-55H,19-20,33-36H2,(H2,50,52)/t43-,44-/m1/s1. The van der Waals surface area contributed by atoms with Crippen molar-refractivity contribution in [3.63, 3.8) is 0 Å². The van der Waals surface area contributed by atoms with Gasteiger partial charge in [0.2, 0.25) is 11.8 Å². The van der Waals surface area contributed by atoms with Crippen molar-refractivity contribution in [2.24, 2.45) is 11.1 Å². The first-order valence-electron chi connectivity index (χ1n) is 19.2. The third kappa shape index (κ3) is 7.23. The van der Waals surface area contributed by atoms with Crippen LogP contribution in [0.25, 0.3) is 0 Å². The molecule has 6 aromatic rings. The second-order valence-electron chi connectivity index (χ2n) is 14.8. The van der Waals surface area contributed by atoms with Gasteiger partial charge in [0, 0.05) is 0 Å². The van der Waals surface area contributed by atoms with E-state index in [1.54, 1.807) is 4.90 Å². The highest BCUT2D eigenvalue weighted by molar-refractivity contribution is 6.05. The van der Waals surface area contributed by atoms with Crippen LogP contribution in [0.2, 0.25) is 0 Å². The summed E-state index contributed by atoms with van der Waals surface area (Å²) < 4.78 is 0. The van der Waals surface area contributed by atoms with Gasteiger partial charge in [-0.3, -0.25) is 9.59 Å². The summed E-state index contributed by atoms with van der Waals surface area (Å²) in [6, 6.07) is 55.1. The van der Waals surface area contributed by atoms with E-state index in [0.717, 1.165) is 11.1 Å². The Balaban J connectivity index is 1.61. The Kier molecular flexibility index (Phi) is 11.1. The number of carbonyl (C=O) groups is 2. The van der Waals surface area contributed by atoms with E-state index in [2.05, 4.69) is 0 Å². The Morgan fingerprint density at radius 1 is 0.509 bits per heavy atom. The van der Waals surface area contributed by atoms with Crippen molar-refractivity contribution in [2.75, 3.05) is 0 Å². The molecule has 6 aromatic carbocycles. The number of aliphatic hydroxyl groups is 2. The van der Waals surface area contributed by atoms with Crippen LogP contribution in [0.3, 0.4) is 0 Å². The van der Waals surface area contributed by atoms with E-state index in [1.165, 1.54) is 0 Å². The molecule has 1 fully saturated rings. The number of benzene rings is 6. The maximum atomic E-state index is 16.2. The van der Waals surface area contributed by atoms with Gasteiger partial charge >= 0.3 is 0 Å². The molecule has 0 aliphatic heterocycles. The average molecular weight is 729 g/mol. The molecule has 0 heterocycles. The quantitative estimate of drug-likeness (QED) is 0.0991. The van der Waals surface area contributed by atoms with Crippen molar-refractivity contribution in [1.29, 1.82) is 0 Å². The number of hydrogen-bond donors (Lipinski definition) is 3. The second-order valence-corrected chi connectivity index (χ2v) is 14.8. The van der Waals surface area contributed by atoms with Crippen molar-refractivity contribution in [3.8, 4) is 0 Å². The SMILES string of the molecule is NC(=O)C1(C(=O)N([C@H](Cc2ccccc2)C(O)(c2ccccc2)c2ccccc2)[C@H](Cc2ccccc2)C(O)(c2ccccc2)c2ccccc2)CCCC1. The number of nitrogens with two attached hydrogens (primary N) is 1. The van der Waals surface area contributed by atoms with E-state index in [0.29, 0.717) is 35.1 Å². The molecule has 0 saturated heterocycles. The van der Waals surface area contributed by atoms with Crippen LogP contribution in [0.4, 0.5) is 0 Å². The highest BCUT2D eigenvalue weighted by Gasteiger charge is 2.58. The molecule has 2 amide bonds. The van der Waals surface area contributed by atoms with Crippen LogP contribution >= 0.6 is 0 Å². The normalized spacial score (nSPS) is 15.2. The van der Waals surface area contributed by atoms with Gasteiger partial charge in [0.15, 0.2) is 0 Å². The smallest absolute Gasteiger partial charge is 0.239 e. The van der Waals surface area contributed by atoms with E-state index in [9.17, 15) is 15.0 Å². The van der Waals surface area contributed by atoms with Gasteiger partial charge in [-0.25, -0.2) is 0 Å². The molecule has 7 rings (SSSR count). The molecule has 0 radical (unpaired) electrons. The van der Waals surface area contributed by atoms with Gasteiger partial charge < -0.3 is 20.8 Å². The first kappa shape index (κ1) is 37.5. The first-order valence-corrected chi connectivity index (χ1v) is 19.2. The Bertz CT molecular complexity index is 1930. The summed E-state index contributed by atoms with van der Waals surface area (Å²) in [5, 5.41) is 27.8. The molecule has 278 valence electrons. The lowest BCUT2D eigenvalue weighted by Crippen LogP contribution is -2.67. The van der Waals surface area contributed by atoms with Gasteiger partial charge in [-0.15, -0.1) is 0 Å². The molecular weight excluding hydrogens is 681 g/mol. The predicted octanol–water partition coefficient (Wildman–Crippen LogP) is 7.96. The van der Waals surface area contributed by atoms with Gasteiger partial charge in [0.05, 0.1) is 12.1 Å². The van der Waals surface area contributed by atoms with E-state index in [-0.39, 0.29) is 25.7 Å². The summed E-state index contributed by atoms with van der Waals surface area (Å²) in [5.41, 5.74) is 5.13. The van der Waals surface area contributed by atoms with Gasteiger partial charge in [0.25, 0.3) is 0 Å². The fourth-order valence-electron chi connectivity index (χ4n) is 8.73. The maximum absolute atomic E-state index is 16.2. The summed E-state index contributed by atoms with van der Waals surface area (Å²) in [6.07, 6.45) is 2.23. The molecular formula is C49H48N2O4. The monoisotopic (exact) mass is 728 g/mol. The van der Waals surface area contributed by atoms with Gasteiger partial charge in [0.1, 0.15) is 16.6 Å². The molecule has 0 bridgehead atoms. The number of carbonyl (C=O) groups excluding carboxylic acids is 2. The van der Waals surface area contributed by atoms with E-state index in [1.807, 2.05) is 182 Å². The average Bonchev–Trinajstić information content (AvgIpc) is 3.76. The molecule has 0 spiro atoms. The van der Waals surface area contributed by atoms with Crippen molar-refractivity contribution in [1.82, 2.24) is 4.90 Å². The van der Waals surface area contributed by atoms with Gasteiger partial charge in [-0.2, -0.15) is 0 Å². The summed E-state index contributed by atoms with van der Waals surface area (Å²) in [5.74, 6) is -1.18. The highest BCUT2D eigenvalue weighted by atomic mass is 16.3. The minimum Gasteiger partial charge on any atom is -0.378 e. The van der Waals surface area contributed by atoms with Gasteiger partial charge in [-0.1, -0.05) is 195 Å². The maximum Gasteiger partial charge on any atom is 0.239 e. The molecule has 1 aliphatic rings. The van der Waals surface area contributed by atoms with Crippen LogP contribution in [0.1, 0.15) is 59.1 Å². The number of amides is 2. The molecule has 0 aromatic heterocycles. The lowest BCUT2D eigenvalue weighted by molar-refractivity contribution is -0.166. The fraction of sp³-hybridized carbons (Fsp3) is 0.224. The third-order valence-corrected chi connectivity index (χ3v) is 11.6. The van der Waals surface area contributed by atoms with Crippen LogP contribution in [-0.2, 0) is 33.6 Å². The lowest BCUT2D eigenvalue weighted by atomic mass is 9.71. The Morgan fingerprint density at radius 2 is 0.782 bits per heavy atom. The molecule has 0 unspecified atom stereocenters. The summed E-state index contributed by atoms with van der Waals surface area (Å²) in [7, 11) is 0. The zero-order valence-electron chi connectivity index (χ0n) is 31.0. The van der Waals surface area contributed by atoms with Crippen molar-refractivity contribution < 1.29 is 19.8 Å². The second kappa shape index (κ2) is 16.3. The van der Waals surface area contributed by atoms with Crippen molar-refractivity contribution in [2.45, 2.75) is 61.8 Å². The third-order valence-electron chi connectivity index (χ3n) is 11.6. The van der Waals surface area contributed by atoms with E-state index >= 15 is 4.79 Å². The zero-order chi connectivity index (χ0) is 38.3. The molecule has 55 heavy (non-hydrogen) atoms. The Morgan fingerprint density at radius 3 is 1.05 bits per heavy atom. The van der Waals surface area contributed by atoms with Crippen molar-refractivity contribution in [3.05, 3.63) is 215 Å². The van der Waals surface area contributed by atoms with Crippen LogP contribution in [0.5, 0.6) is 0 Å². The Labute approximate surface area is 323 Å². The predicted molar refractivity (Wildman–Crippen MR) is 217 cm³/mol. The first-order chi connectivity index (χ1) is 26.8. The summed E-state index contributed by atoms with van der Waals surface area (Å²) in [6.45, 7) is 0. The lowest BCUT2D eigenvalue weighted by Gasteiger charge is -2.53. The topological polar surface area (TPSA) is 104 Å². The Hall–Kier alpha value is -5.82. The minimum absolute atomic E-state index is 0.187. The molecule has 2 atom stereocenters. The molecule has 1 saturated carbocycles. The highest BCUT2D eigenvalue weighted by Crippen LogP contribution is 2.48. The summed E-state index contributed by atoms with van der Waals surface area (Å²) in [4.78, 5) is 31.7. The number of nitrogens with zero attached hydrogens (tertiary/aromatic N) is 1. The van der Waals surface area contributed by atoms with E-state index < -0.39 is 40.5 Å². The number of primary amides is 1. The molecule has 1 aliphatic carbocycles. The van der Waals surface area contributed by atoms with Crippen LogP contribution in [0, 0.1) is 5.41 Å². The van der Waals surface area contributed by atoms with Crippen LogP contribution in [0.15, 0.2) is 182 Å². The minimum atomic E-state index is -1.84. The largest absolute Gasteiger partial charge is 0.378 e. The van der Waals surface area contributed by atoms with Gasteiger partial charge in [-0.05, 0) is 59.1 Å². The van der Waals surface area contributed by atoms with E-state index in [4.69, 9.17) is 5.73 Å². The van der Waals surface area contributed by atoms with Crippen LogP contribution in [-0.4, -0.2) is 39.0 Å². The van der Waals surface area contributed by atoms with Crippen LogP contribution < -0.4 is 5.73 Å². The summed E-state index contributed by atoms with van der Waals surface area (Å²) >= 11 is 0. The fourth-order valence-corrected chi connectivity index (χ4v) is 8.73. The molecule has 4 N–H and O–H groups in total. The number of rotatable bonds is 14. The van der Waals surface area contributed by atoms with Crippen molar-refractivity contribution >= 4 is 11.8 Å². The number of hydrogen-bond acceptors (Lipinski definition) is 4. The molecule has 6 nitrogen and oxygen atoms in total. The molecule has 6 heteroatoms. The zero-order valence-corrected chi connectivity index (χ0v) is 31.0.